The number of rotatable bonds is 11. The van der Waals surface area contributed by atoms with Gasteiger partial charge in [-0.3, -0.25) is 19.2 Å². The fourth-order valence-electron chi connectivity index (χ4n) is 3.85. The van der Waals surface area contributed by atoms with Crippen molar-refractivity contribution in [1.29, 1.82) is 0 Å². The molecule has 190 valence electrons. The lowest BCUT2D eigenvalue weighted by molar-refractivity contribution is -0.134. The molecule has 1 N–H and O–H groups in total. The Labute approximate surface area is 211 Å². The lowest BCUT2D eigenvalue weighted by atomic mass is 10.0. The van der Waals surface area contributed by atoms with Crippen LogP contribution in [0.15, 0.2) is 66.2 Å². The smallest absolute Gasteiger partial charge is 0.311 e. The maximum absolute atomic E-state index is 12.3. The van der Waals surface area contributed by atoms with Crippen LogP contribution in [0.25, 0.3) is 0 Å². The number of esters is 1. The van der Waals surface area contributed by atoms with Gasteiger partial charge in [-0.15, -0.1) is 0 Å². The predicted octanol–water partition coefficient (Wildman–Crippen LogP) is 5.45. The largest absolute Gasteiger partial charge is 0.427 e. The number of amides is 1. The number of anilines is 1. The van der Waals surface area contributed by atoms with Gasteiger partial charge in [0.15, 0.2) is 5.78 Å². The average Bonchev–Trinajstić information content (AvgIpc) is 3.15. The third-order valence-corrected chi connectivity index (χ3v) is 5.49. The van der Waals surface area contributed by atoms with Crippen LogP contribution in [0.1, 0.15) is 69.7 Å². The van der Waals surface area contributed by atoms with E-state index in [1.54, 1.807) is 54.6 Å². The number of benzene rings is 2. The molecule has 0 saturated carbocycles. The Morgan fingerprint density at radius 1 is 0.944 bits per heavy atom. The molecule has 0 fully saturated rings. The predicted molar refractivity (Wildman–Crippen MR) is 137 cm³/mol. The third kappa shape index (κ3) is 8.89. The number of hydrogen-bond donors (Lipinski definition) is 1. The molecule has 0 saturated heterocycles. The Balaban J connectivity index is 1.34. The van der Waals surface area contributed by atoms with Crippen molar-refractivity contribution in [3.05, 3.63) is 71.8 Å². The standard InChI is InChI=1S/C29H33NO6/c1-29(2,3)36-25-18-21(26(32)19-25)17-23(31)11-7-8-12-27(33)35-24-15-13-22(14-16-24)30-28(34)20-9-5-4-6-10-20/h4-6,9-10,13-16,18,25H,7-8,11-12,17,19H2,1-3H3,(H,30,34). The SMILES string of the molecule is CC(C)(C)OC1C=C(CC(=O)CCCCC(=O)Oc2ccc(NC(=O)c3ccccc3)cc2)C(=O)C1. The Kier molecular flexibility index (Phi) is 9.31. The zero-order chi connectivity index (χ0) is 26.1. The van der Waals surface area contributed by atoms with E-state index in [0.29, 0.717) is 41.8 Å². The van der Waals surface area contributed by atoms with E-state index in [9.17, 15) is 19.2 Å². The molecule has 1 aliphatic rings. The summed E-state index contributed by atoms with van der Waals surface area (Å²) in [5.41, 5.74) is 1.32. The monoisotopic (exact) mass is 491 g/mol. The summed E-state index contributed by atoms with van der Waals surface area (Å²) in [6.45, 7) is 5.79. The van der Waals surface area contributed by atoms with E-state index >= 15 is 0 Å². The normalized spacial score (nSPS) is 15.4. The maximum atomic E-state index is 12.3. The topological polar surface area (TPSA) is 98.8 Å². The van der Waals surface area contributed by atoms with Crippen molar-refractivity contribution in [3.63, 3.8) is 0 Å². The molecule has 0 aromatic heterocycles. The third-order valence-electron chi connectivity index (χ3n) is 5.49. The molecular formula is C29H33NO6. The van der Waals surface area contributed by atoms with Gasteiger partial charge in [0.05, 0.1) is 11.7 Å². The summed E-state index contributed by atoms with van der Waals surface area (Å²) in [6, 6.07) is 15.4. The minimum absolute atomic E-state index is 0.0208. The van der Waals surface area contributed by atoms with Gasteiger partial charge in [-0.25, -0.2) is 0 Å². The number of Topliss-reactive ketones (excluding diaryl/α,β-unsaturated/α-hetero) is 2. The second kappa shape index (κ2) is 12.4. The molecule has 0 spiro atoms. The molecule has 1 unspecified atom stereocenters. The lowest BCUT2D eigenvalue weighted by Crippen LogP contribution is -2.25. The van der Waals surface area contributed by atoms with Gasteiger partial charge in [-0.2, -0.15) is 0 Å². The van der Waals surface area contributed by atoms with Crippen LogP contribution >= 0.6 is 0 Å². The molecule has 1 amide bonds. The molecule has 7 heteroatoms. The Bertz CT molecular complexity index is 1110. The Hall–Kier alpha value is -3.58. The summed E-state index contributed by atoms with van der Waals surface area (Å²) in [5, 5.41) is 2.79. The van der Waals surface area contributed by atoms with Crippen LogP contribution in [-0.4, -0.2) is 35.1 Å². The summed E-state index contributed by atoms with van der Waals surface area (Å²) in [4.78, 5) is 48.8. The number of allylic oxidation sites excluding steroid dienone is 1. The van der Waals surface area contributed by atoms with Crippen molar-refractivity contribution in [2.75, 3.05) is 5.32 Å². The summed E-state index contributed by atoms with van der Waals surface area (Å²) in [6.07, 6.45) is 3.43. The zero-order valence-electron chi connectivity index (χ0n) is 21.0. The maximum Gasteiger partial charge on any atom is 0.311 e. The molecule has 0 heterocycles. The van der Waals surface area contributed by atoms with Crippen LogP contribution in [0.5, 0.6) is 5.75 Å². The number of nitrogens with one attached hydrogen (secondary N) is 1. The Morgan fingerprint density at radius 3 is 2.28 bits per heavy atom. The molecule has 1 aliphatic carbocycles. The molecule has 3 rings (SSSR count). The molecule has 2 aromatic rings. The first-order chi connectivity index (χ1) is 17.1. The quantitative estimate of drug-likeness (QED) is 0.255. The van der Waals surface area contributed by atoms with E-state index in [2.05, 4.69) is 5.32 Å². The molecule has 36 heavy (non-hydrogen) atoms. The van der Waals surface area contributed by atoms with Crippen LogP contribution in [0.2, 0.25) is 0 Å². The van der Waals surface area contributed by atoms with Crippen LogP contribution in [0, 0.1) is 0 Å². The number of hydrogen-bond acceptors (Lipinski definition) is 6. The van der Waals surface area contributed by atoms with E-state index in [1.165, 1.54) is 0 Å². The second-order valence-corrected chi connectivity index (χ2v) is 9.83. The fourth-order valence-corrected chi connectivity index (χ4v) is 3.85. The van der Waals surface area contributed by atoms with Crippen molar-refractivity contribution in [2.45, 2.75) is 71.0 Å². The first kappa shape index (κ1) is 27.0. The van der Waals surface area contributed by atoms with Crippen molar-refractivity contribution in [2.24, 2.45) is 0 Å². The highest BCUT2D eigenvalue weighted by atomic mass is 16.5. The van der Waals surface area contributed by atoms with Crippen LogP contribution in [0.4, 0.5) is 5.69 Å². The van der Waals surface area contributed by atoms with E-state index in [-0.39, 0.29) is 54.4 Å². The summed E-state index contributed by atoms with van der Waals surface area (Å²) >= 11 is 0. The first-order valence-electron chi connectivity index (χ1n) is 12.2. The molecule has 0 radical (unpaired) electrons. The highest BCUT2D eigenvalue weighted by Gasteiger charge is 2.28. The molecule has 1 atom stereocenters. The lowest BCUT2D eigenvalue weighted by Gasteiger charge is -2.23. The fraction of sp³-hybridized carbons (Fsp3) is 0.379. The Morgan fingerprint density at radius 2 is 1.61 bits per heavy atom. The molecule has 2 aromatic carbocycles. The van der Waals surface area contributed by atoms with Crippen molar-refractivity contribution < 1.29 is 28.7 Å². The van der Waals surface area contributed by atoms with Crippen molar-refractivity contribution in [1.82, 2.24) is 0 Å². The van der Waals surface area contributed by atoms with Gasteiger partial charge in [0.2, 0.25) is 0 Å². The van der Waals surface area contributed by atoms with Gasteiger partial charge < -0.3 is 14.8 Å². The first-order valence-corrected chi connectivity index (χ1v) is 12.2. The average molecular weight is 492 g/mol. The minimum Gasteiger partial charge on any atom is -0.427 e. The summed E-state index contributed by atoms with van der Waals surface area (Å²) in [7, 11) is 0. The molecule has 0 aliphatic heterocycles. The number of unbranched alkanes of at least 4 members (excludes halogenated alkanes) is 1. The van der Waals surface area contributed by atoms with Crippen molar-refractivity contribution in [3.8, 4) is 5.75 Å². The van der Waals surface area contributed by atoms with Crippen molar-refractivity contribution >= 4 is 29.1 Å². The zero-order valence-corrected chi connectivity index (χ0v) is 21.0. The number of ketones is 2. The highest BCUT2D eigenvalue weighted by molar-refractivity contribution is 6.04. The van der Waals surface area contributed by atoms with Crippen LogP contribution in [-0.2, 0) is 19.1 Å². The molecular weight excluding hydrogens is 458 g/mol. The van der Waals surface area contributed by atoms with Gasteiger partial charge in [-0.1, -0.05) is 18.2 Å². The summed E-state index contributed by atoms with van der Waals surface area (Å²) < 4.78 is 11.2. The molecule has 0 bridgehead atoms. The second-order valence-electron chi connectivity index (χ2n) is 9.83. The number of carbonyl (C=O) groups excluding carboxylic acids is 4. The van der Waals surface area contributed by atoms with Crippen LogP contribution in [0.3, 0.4) is 0 Å². The van der Waals surface area contributed by atoms with Gasteiger partial charge in [0.25, 0.3) is 5.91 Å². The number of ether oxygens (including phenoxy) is 2. The van der Waals surface area contributed by atoms with E-state index < -0.39 is 0 Å². The van der Waals surface area contributed by atoms with Crippen LogP contribution < -0.4 is 10.1 Å². The summed E-state index contributed by atoms with van der Waals surface area (Å²) in [5.74, 6) is -0.284. The van der Waals surface area contributed by atoms with E-state index in [0.717, 1.165) is 0 Å². The van der Waals surface area contributed by atoms with Gasteiger partial charge in [0.1, 0.15) is 11.5 Å². The van der Waals surface area contributed by atoms with Gasteiger partial charge >= 0.3 is 5.97 Å². The van der Waals surface area contributed by atoms with E-state index in [4.69, 9.17) is 9.47 Å². The van der Waals surface area contributed by atoms with Gasteiger partial charge in [-0.05, 0) is 76.1 Å². The number of carbonyl (C=O) groups is 4. The molecule has 7 nitrogen and oxygen atoms in total. The highest BCUT2D eigenvalue weighted by Crippen LogP contribution is 2.25. The van der Waals surface area contributed by atoms with Gasteiger partial charge in [0, 0.05) is 42.5 Å². The van der Waals surface area contributed by atoms with E-state index in [1.807, 2.05) is 26.8 Å². The minimum atomic E-state index is -0.389.